The Morgan fingerprint density at radius 2 is 1.90 bits per heavy atom. The summed E-state index contributed by atoms with van der Waals surface area (Å²) in [4.78, 5) is 14.4. The molecular formula is C20H21F3N6O2. The summed E-state index contributed by atoms with van der Waals surface area (Å²) in [5.74, 6) is -0.901. The van der Waals surface area contributed by atoms with Crippen LogP contribution in [0.4, 0.5) is 18.9 Å². The second-order valence-corrected chi connectivity index (χ2v) is 6.62. The van der Waals surface area contributed by atoms with E-state index >= 15 is 0 Å². The molecule has 1 N–H and O–H groups in total. The number of halogens is 3. The zero-order chi connectivity index (χ0) is 22.4. The monoisotopic (exact) mass is 434 g/mol. The minimum absolute atomic E-state index is 0.142. The van der Waals surface area contributed by atoms with E-state index in [1.807, 2.05) is 42.3 Å². The van der Waals surface area contributed by atoms with Crippen LogP contribution < -0.4 is 15.0 Å². The number of alkyl halides is 3. The van der Waals surface area contributed by atoms with Gasteiger partial charge in [0.05, 0.1) is 18.9 Å². The minimum atomic E-state index is -4.82. The molecule has 1 amide bonds. The van der Waals surface area contributed by atoms with Crippen molar-refractivity contribution in [3.05, 3.63) is 59.9 Å². The van der Waals surface area contributed by atoms with Crippen LogP contribution in [0.3, 0.4) is 0 Å². The second kappa shape index (κ2) is 9.45. The van der Waals surface area contributed by atoms with Gasteiger partial charge in [-0.05, 0) is 24.6 Å². The number of nitrogens with one attached hydrogen (secondary N) is 1. The number of aromatic nitrogens is 4. The molecule has 3 aromatic rings. The van der Waals surface area contributed by atoms with Gasteiger partial charge in [-0.25, -0.2) is 4.68 Å². The van der Waals surface area contributed by atoms with Crippen molar-refractivity contribution in [2.75, 3.05) is 32.1 Å². The van der Waals surface area contributed by atoms with Gasteiger partial charge in [-0.2, -0.15) is 18.3 Å². The highest BCUT2D eigenvalue weighted by molar-refractivity contribution is 5.95. The third-order valence-electron chi connectivity index (χ3n) is 4.49. The van der Waals surface area contributed by atoms with Crippen LogP contribution in [0.5, 0.6) is 5.88 Å². The highest BCUT2D eigenvalue weighted by Crippen LogP contribution is 2.33. The van der Waals surface area contributed by atoms with E-state index in [1.165, 1.54) is 19.2 Å². The number of carbonyl (C=O) groups is 1. The molecule has 0 atom stereocenters. The Hall–Kier alpha value is -3.63. The summed E-state index contributed by atoms with van der Waals surface area (Å²) in [6, 6.07) is 12.3. The van der Waals surface area contributed by atoms with Gasteiger partial charge in [0.1, 0.15) is 0 Å². The fourth-order valence-electron chi connectivity index (χ4n) is 2.92. The van der Waals surface area contributed by atoms with Gasteiger partial charge in [0.15, 0.2) is 11.5 Å². The fraction of sp³-hybridized carbons (Fsp3) is 0.300. The number of ether oxygens (including phenoxy) is 1. The lowest BCUT2D eigenvalue weighted by Crippen LogP contribution is -2.30. The summed E-state index contributed by atoms with van der Waals surface area (Å²) in [6.45, 7) is 0.831. The van der Waals surface area contributed by atoms with Crippen LogP contribution in [0.2, 0.25) is 0 Å². The summed E-state index contributed by atoms with van der Waals surface area (Å²) in [6.07, 6.45) is -3.39. The maximum atomic E-state index is 13.7. The van der Waals surface area contributed by atoms with Crippen LogP contribution >= 0.6 is 0 Å². The highest BCUT2D eigenvalue weighted by atomic mass is 19.4. The van der Waals surface area contributed by atoms with Crippen molar-refractivity contribution in [1.82, 2.24) is 25.3 Å². The van der Waals surface area contributed by atoms with Crippen LogP contribution in [0.1, 0.15) is 22.5 Å². The molecule has 0 aliphatic rings. The summed E-state index contributed by atoms with van der Waals surface area (Å²) in [7, 11) is 3.26. The fourth-order valence-corrected chi connectivity index (χ4v) is 2.92. The van der Waals surface area contributed by atoms with Crippen molar-refractivity contribution in [2.45, 2.75) is 12.6 Å². The molecule has 164 valence electrons. The molecule has 3 rings (SSSR count). The van der Waals surface area contributed by atoms with E-state index in [-0.39, 0.29) is 18.2 Å². The van der Waals surface area contributed by atoms with Crippen molar-refractivity contribution in [1.29, 1.82) is 0 Å². The Kier molecular flexibility index (Phi) is 6.73. The SMILES string of the molecule is COc1ccc(-n2ncc(C(=O)NCCCN(C)c3ccccc3)c2C(F)(F)F)nn1. The van der Waals surface area contributed by atoms with E-state index in [4.69, 9.17) is 4.74 Å². The molecule has 0 unspecified atom stereocenters. The van der Waals surface area contributed by atoms with Gasteiger partial charge in [0, 0.05) is 31.9 Å². The lowest BCUT2D eigenvalue weighted by Gasteiger charge is -2.19. The number of benzene rings is 1. The number of anilines is 1. The van der Waals surface area contributed by atoms with E-state index in [1.54, 1.807) is 0 Å². The molecule has 8 nitrogen and oxygen atoms in total. The van der Waals surface area contributed by atoms with Gasteiger partial charge in [0.25, 0.3) is 5.91 Å². The van der Waals surface area contributed by atoms with Crippen LogP contribution in [-0.2, 0) is 6.18 Å². The number of nitrogens with zero attached hydrogens (tertiary/aromatic N) is 5. The van der Waals surface area contributed by atoms with E-state index in [9.17, 15) is 18.0 Å². The average Bonchev–Trinajstić information content (AvgIpc) is 3.23. The third-order valence-corrected chi connectivity index (χ3v) is 4.49. The largest absolute Gasteiger partial charge is 0.480 e. The number of methoxy groups -OCH3 is 1. The molecule has 0 saturated carbocycles. The number of amides is 1. The molecule has 0 aliphatic heterocycles. The molecule has 11 heteroatoms. The smallest absolute Gasteiger partial charge is 0.434 e. The van der Waals surface area contributed by atoms with E-state index in [0.29, 0.717) is 17.6 Å². The quantitative estimate of drug-likeness (QED) is 0.549. The van der Waals surface area contributed by atoms with Crippen molar-refractivity contribution in [3.8, 4) is 11.7 Å². The Bertz CT molecular complexity index is 1010. The summed E-state index contributed by atoms with van der Waals surface area (Å²) in [5, 5.41) is 13.6. The first-order valence-electron chi connectivity index (χ1n) is 9.39. The predicted molar refractivity (Wildman–Crippen MR) is 107 cm³/mol. The van der Waals surface area contributed by atoms with Crippen molar-refractivity contribution < 1.29 is 22.7 Å². The Morgan fingerprint density at radius 3 is 2.52 bits per heavy atom. The molecule has 1 aromatic carbocycles. The molecule has 31 heavy (non-hydrogen) atoms. The van der Waals surface area contributed by atoms with Gasteiger partial charge in [-0.3, -0.25) is 4.79 Å². The maximum Gasteiger partial charge on any atom is 0.434 e. The summed E-state index contributed by atoms with van der Waals surface area (Å²) in [5.41, 5.74) is -0.789. The number of carbonyl (C=O) groups excluding carboxylic acids is 1. The zero-order valence-corrected chi connectivity index (χ0v) is 16.9. The molecule has 0 bridgehead atoms. The molecular weight excluding hydrogens is 413 g/mol. The number of hydrogen-bond donors (Lipinski definition) is 1. The first-order valence-corrected chi connectivity index (χ1v) is 9.39. The van der Waals surface area contributed by atoms with Crippen LogP contribution in [0.25, 0.3) is 5.82 Å². The topological polar surface area (TPSA) is 85.2 Å². The number of para-hydroxylation sites is 1. The molecule has 2 heterocycles. The standard InChI is InChI=1S/C20H21F3N6O2/c1-28(14-7-4-3-5-8-14)12-6-11-24-19(30)15-13-25-29(18(15)20(21,22)23)16-9-10-17(31-2)27-26-16/h3-5,7-10,13H,6,11-12H2,1-2H3,(H,24,30). The van der Waals surface area contributed by atoms with E-state index in [0.717, 1.165) is 11.9 Å². The zero-order valence-electron chi connectivity index (χ0n) is 16.9. The lowest BCUT2D eigenvalue weighted by atomic mass is 10.2. The van der Waals surface area contributed by atoms with E-state index < -0.39 is 23.3 Å². The average molecular weight is 434 g/mol. The van der Waals surface area contributed by atoms with Gasteiger partial charge in [0.2, 0.25) is 5.88 Å². The van der Waals surface area contributed by atoms with Crippen molar-refractivity contribution in [2.24, 2.45) is 0 Å². The van der Waals surface area contributed by atoms with Gasteiger partial charge < -0.3 is 15.0 Å². The predicted octanol–water partition coefficient (Wildman–Crippen LogP) is 2.95. The highest BCUT2D eigenvalue weighted by Gasteiger charge is 2.40. The maximum absolute atomic E-state index is 13.7. The second-order valence-electron chi connectivity index (χ2n) is 6.62. The van der Waals surface area contributed by atoms with Crippen LogP contribution in [0.15, 0.2) is 48.7 Å². The summed E-state index contributed by atoms with van der Waals surface area (Å²) >= 11 is 0. The van der Waals surface area contributed by atoms with E-state index in [2.05, 4.69) is 20.6 Å². The molecule has 0 saturated heterocycles. The first kappa shape index (κ1) is 22.1. The molecule has 0 spiro atoms. The molecule has 2 aromatic heterocycles. The normalized spacial score (nSPS) is 11.3. The Morgan fingerprint density at radius 1 is 1.16 bits per heavy atom. The van der Waals surface area contributed by atoms with Gasteiger partial charge in [-0.15, -0.1) is 10.2 Å². The van der Waals surface area contributed by atoms with Crippen molar-refractivity contribution in [3.63, 3.8) is 0 Å². The van der Waals surface area contributed by atoms with Gasteiger partial charge in [-0.1, -0.05) is 18.2 Å². The third kappa shape index (κ3) is 5.30. The van der Waals surface area contributed by atoms with Crippen LogP contribution in [0, 0.1) is 0 Å². The Labute approximate surface area is 176 Å². The lowest BCUT2D eigenvalue weighted by molar-refractivity contribution is -0.143. The molecule has 0 aliphatic carbocycles. The van der Waals surface area contributed by atoms with Crippen molar-refractivity contribution >= 4 is 11.6 Å². The van der Waals surface area contributed by atoms with Crippen LogP contribution in [-0.4, -0.2) is 53.1 Å². The summed E-state index contributed by atoms with van der Waals surface area (Å²) < 4.78 is 46.5. The molecule has 0 fully saturated rings. The molecule has 0 radical (unpaired) electrons. The van der Waals surface area contributed by atoms with Gasteiger partial charge >= 0.3 is 6.18 Å². The Balaban J connectivity index is 1.68. The number of hydrogen-bond acceptors (Lipinski definition) is 6. The minimum Gasteiger partial charge on any atom is -0.480 e. The first-order chi connectivity index (χ1) is 14.8. The number of rotatable bonds is 8.